The molecule has 0 aliphatic carbocycles. The van der Waals surface area contributed by atoms with Crippen LogP contribution in [0.1, 0.15) is 149 Å². The third kappa shape index (κ3) is 20.6. The van der Waals surface area contributed by atoms with Crippen molar-refractivity contribution in [3.63, 3.8) is 0 Å². The zero-order chi connectivity index (χ0) is 37.0. The van der Waals surface area contributed by atoms with Crippen LogP contribution in [0, 0.1) is 0 Å². The maximum absolute atomic E-state index is 13.0. The summed E-state index contributed by atoms with van der Waals surface area (Å²) in [6.07, 6.45) is 18.4. The van der Waals surface area contributed by atoms with E-state index in [-0.39, 0.29) is 12.8 Å². The number of amides is 1. The predicted octanol–water partition coefficient (Wildman–Crippen LogP) is 4.71. The average molecular weight is 716 g/mol. The van der Waals surface area contributed by atoms with Gasteiger partial charge in [0.05, 0.1) is 25.4 Å². The normalized spacial score (nSPS) is 23.7. The first-order valence-corrected chi connectivity index (χ1v) is 19.7. The lowest BCUT2D eigenvalue weighted by Crippen LogP contribution is -2.60. The molecule has 11 nitrogen and oxygen atoms in total. The van der Waals surface area contributed by atoms with Gasteiger partial charge < -0.3 is 50.5 Å². The van der Waals surface area contributed by atoms with Crippen molar-refractivity contribution in [3.8, 4) is 0 Å². The first-order chi connectivity index (χ1) is 24.2. The van der Waals surface area contributed by atoms with Gasteiger partial charge in [-0.05, 0) is 57.8 Å². The molecule has 1 heterocycles. The summed E-state index contributed by atoms with van der Waals surface area (Å²) in [5.74, 6) is -0.717. The summed E-state index contributed by atoms with van der Waals surface area (Å²) in [6.45, 7) is 3.29. The number of hydrogen-bond acceptors (Lipinski definition) is 10. The first kappa shape index (κ1) is 46.6. The lowest BCUT2D eigenvalue weighted by atomic mass is 9.98. The van der Waals surface area contributed by atoms with Crippen LogP contribution in [0.4, 0.5) is 0 Å². The second-order valence-electron chi connectivity index (χ2n) is 14.0. The molecule has 0 saturated carbocycles. The van der Waals surface area contributed by atoms with Gasteiger partial charge in [0.1, 0.15) is 36.6 Å². The highest BCUT2D eigenvalue weighted by molar-refractivity contribution is 5.80. The number of carbonyl (C=O) groups is 1. The fraction of sp³-hybridized carbons (Fsp3) is 0.872. The van der Waals surface area contributed by atoms with Crippen LogP contribution < -0.4 is 5.32 Å². The summed E-state index contributed by atoms with van der Waals surface area (Å²) in [5, 5.41) is 74.9. The Labute approximate surface area is 302 Å². The summed E-state index contributed by atoms with van der Waals surface area (Å²) >= 11 is 0. The molecule has 0 aromatic carbocycles. The highest BCUT2D eigenvalue weighted by Crippen LogP contribution is 2.23. The second-order valence-corrected chi connectivity index (χ2v) is 14.0. The minimum Gasteiger partial charge on any atom is -0.394 e. The molecule has 0 aromatic heterocycles. The number of ether oxygens (including phenoxy) is 2. The van der Waals surface area contributed by atoms with Gasteiger partial charge in [0, 0.05) is 0 Å². The summed E-state index contributed by atoms with van der Waals surface area (Å²) in [7, 11) is 0. The summed E-state index contributed by atoms with van der Waals surface area (Å²) in [5.41, 5.74) is 0. The van der Waals surface area contributed by atoms with E-state index >= 15 is 0 Å². The van der Waals surface area contributed by atoms with Crippen molar-refractivity contribution in [1.29, 1.82) is 0 Å². The molecule has 1 fully saturated rings. The van der Waals surface area contributed by atoms with Crippen molar-refractivity contribution in [1.82, 2.24) is 5.32 Å². The average Bonchev–Trinajstić information content (AvgIpc) is 3.11. The topological polar surface area (TPSA) is 189 Å². The van der Waals surface area contributed by atoms with Crippen molar-refractivity contribution >= 4 is 5.91 Å². The monoisotopic (exact) mass is 716 g/mol. The van der Waals surface area contributed by atoms with E-state index in [2.05, 4.69) is 37.4 Å². The van der Waals surface area contributed by atoms with Crippen LogP contribution in [-0.4, -0.2) is 110 Å². The van der Waals surface area contributed by atoms with E-state index in [1.54, 1.807) is 0 Å². The number of carbonyl (C=O) groups excluding carboxylic acids is 1. The third-order valence-electron chi connectivity index (χ3n) is 9.48. The molecule has 11 heteroatoms. The molecule has 1 saturated heterocycles. The van der Waals surface area contributed by atoms with Crippen molar-refractivity contribution in [3.05, 3.63) is 24.3 Å². The Morgan fingerprint density at radius 1 is 0.680 bits per heavy atom. The van der Waals surface area contributed by atoms with Gasteiger partial charge >= 0.3 is 0 Å². The number of nitrogens with one attached hydrogen (secondary N) is 1. The van der Waals surface area contributed by atoms with E-state index in [4.69, 9.17) is 9.47 Å². The molecule has 50 heavy (non-hydrogen) atoms. The number of aliphatic hydroxyl groups excluding tert-OH is 7. The lowest BCUT2D eigenvalue weighted by Gasteiger charge is -2.40. The first-order valence-electron chi connectivity index (χ1n) is 19.7. The molecular weight excluding hydrogens is 642 g/mol. The Morgan fingerprint density at radius 3 is 1.78 bits per heavy atom. The number of unbranched alkanes of at least 4 members (excludes halogenated alkanes) is 15. The van der Waals surface area contributed by atoms with Crippen molar-refractivity contribution in [2.45, 2.75) is 204 Å². The van der Waals surface area contributed by atoms with E-state index in [1.807, 2.05) is 6.08 Å². The van der Waals surface area contributed by atoms with Crippen molar-refractivity contribution < 1.29 is 50.0 Å². The molecule has 9 atom stereocenters. The Hall–Kier alpha value is -1.41. The van der Waals surface area contributed by atoms with Gasteiger partial charge in [-0.25, -0.2) is 0 Å². The molecule has 1 aliphatic rings. The molecule has 0 spiro atoms. The highest BCUT2D eigenvalue weighted by Gasteiger charge is 2.44. The summed E-state index contributed by atoms with van der Waals surface area (Å²) in [4.78, 5) is 13.0. The van der Waals surface area contributed by atoms with Crippen molar-refractivity contribution in [2.24, 2.45) is 0 Å². The highest BCUT2D eigenvalue weighted by atomic mass is 16.7. The predicted molar refractivity (Wildman–Crippen MR) is 196 cm³/mol. The van der Waals surface area contributed by atoms with Gasteiger partial charge in [-0.3, -0.25) is 4.79 Å². The Bertz CT molecular complexity index is 872. The number of aliphatic hydroxyl groups is 7. The molecular formula is C39H73NO10. The van der Waals surface area contributed by atoms with E-state index in [1.165, 1.54) is 44.9 Å². The Balaban J connectivity index is 2.50. The summed E-state index contributed by atoms with van der Waals surface area (Å²) < 4.78 is 11.0. The fourth-order valence-electron chi connectivity index (χ4n) is 6.07. The van der Waals surface area contributed by atoms with E-state index in [0.717, 1.165) is 64.2 Å². The third-order valence-corrected chi connectivity index (χ3v) is 9.48. The quantitative estimate of drug-likeness (QED) is 0.0369. The van der Waals surface area contributed by atoms with Gasteiger partial charge in [-0.2, -0.15) is 0 Å². The van der Waals surface area contributed by atoms with Crippen LogP contribution >= 0.6 is 0 Å². The van der Waals surface area contributed by atoms with Crippen LogP contribution in [0.15, 0.2) is 24.3 Å². The van der Waals surface area contributed by atoms with Crippen LogP contribution in [0.3, 0.4) is 0 Å². The van der Waals surface area contributed by atoms with Gasteiger partial charge in [0.2, 0.25) is 5.91 Å². The standard InChI is InChI=1S/C39H73NO10/c1-3-5-7-9-11-12-13-14-15-16-17-18-19-21-23-25-27-32(43)38(48)40-30(34(44)31(42)26-24-22-20-10-8-6-4-2)29-49-39-37(47)36(46)35(45)33(28-41)50-39/h10,14-15,20,30-37,39,41-47H,3-9,11-13,16-19,21-29H2,1-2H3,(H,40,48)/b15-14-,20-10+. The van der Waals surface area contributed by atoms with E-state index in [0.29, 0.717) is 12.8 Å². The van der Waals surface area contributed by atoms with E-state index < -0.39 is 74.2 Å². The second kappa shape index (κ2) is 30.1. The lowest BCUT2D eigenvalue weighted by molar-refractivity contribution is -0.303. The van der Waals surface area contributed by atoms with E-state index in [9.17, 15) is 40.5 Å². The van der Waals surface area contributed by atoms with Gasteiger partial charge in [-0.1, -0.05) is 115 Å². The molecule has 1 rings (SSSR count). The largest absolute Gasteiger partial charge is 0.394 e. The van der Waals surface area contributed by atoms with Gasteiger partial charge in [0.25, 0.3) is 0 Å². The molecule has 9 unspecified atom stereocenters. The molecule has 0 aromatic rings. The Kier molecular flexibility index (Phi) is 28.1. The number of hydrogen-bond donors (Lipinski definition) is 8. The SMILES string of the molecule is CCCC/C=C/CCCC(O)C(O)C(COC1OC(CO)C(O)C(O)C1O)NC(=O)C(O)CCCCCCCC/C=C\CCCCCCCC. The molecule has 294 valence electrons. The van der Waals surface area contributed by atoms with Crippen LogP contribution in [0.2, 0.25) is 0 Å². The minimum absolute atomic E-state index is 0.246. The number of allylic oxidation sites excluding steroid dienone is 4. The van der Waals surface area contributed by atoms with Crippen molar-refractivity contribution in [2.75, 3.05) is 13.2 Å². The maximum atomic E-state index is 13.0. The molecule has 1 amide bonds. The fourth-order valence-corrected chi connectivity index (χ4v) is 6.07. The molecule has 0 radical (unpaired) electrons. The minimum atomic E-state index is -1.66. The smallest absolute Gasteiger partial charge is 0.249 e. The van der Waals surface area contributed by atoms with Crippen LogP contribution in [-0.2, 0) is 14.3 Å². The maximum Gasteiger partial charge on any atom is 0.249 e. The van der Waals surface area contributed by atoms with Crippen LogP contribution in [0.25, 0.3) is 0 Å². The summed E-state index contributed by atoms with van der Waals surface area (Å²) in [6, 6.07) is -1.18. The zero-order valence-electron chi connectivity index (χ0n) is 31.1. The van der Waals surface area contributed by atoms with Gasteiger partial charge in [0.15, 0.2) is 6.29 Å². The molecule has 8 N–H and O–H groups in total. The van der Waals surface area contributed by atoms with Crippen LogP contribution in [0.5, 0.6) is 0 Å². The molecule has 0 bridgehead atoms. The molecule has 1 aliphatic heterocycles. The zero-order valence-corrected chi connectivity index (χ0v) is 31.1. The Morgan fingerprint density at radius 2 is 1.20 bits per heavy atom. The number of rotatable bonds is 31. The van der Waals surface area contributed by atoms with Gasteiger partial charge in [-0.15, -0.1) is 0 Å².